The monoisotopic (exact) mass is 375 g/mol. The standard InChI is InChI=1S/C14H19Br2NO/c15-11-5-6-12(16)13(9-11)17-10-14(18)7-3-1-2-4-8-14/h5-6,9,17-18H,1-4,7-8,10H2. The van der Waals surface area contributed by atoms with Gasteiger partial charge in [-0.2, -0.15) is 0 Å². The van der Waals surface area contributed by atoms with Crippen LogP contribution in [0.1, 0.15) is 38.5 Å². The van der Waals surface area contributed by atoms with Crippen molar-refractivity contribution in [3.8, 4) is 0 Å². The quantitative estimate of drug-likeness (QED) is 0.748. The fraction of sp³-hybridized carbons (Fsp3) is 0.571. The van der Waals surface area contributed by atoms with E-state index in [9.17, 15) is 5.11 Å². The average molecular weight is 377 g/mol. The maximum atomic E-state index is 10.6. The van der Waals surface area contributed by atoms with Gasteiger partial charge in [0, 0.05) is 21.2 Å². The van der Waals surface area contributed by atoms with Crippen molar-refractivity contribution in [3.05, 3.63) is 27.1 Å². The highest BCUT2D eigenvalue weighted by atomic mass is 79.9. The zero-order valence-corrected chi connectivity index (χ0v) is 13.6. The van der Waals surface area contributed by atoms with E-state index in [0.29, 0.717) is 6.54 Å². The Morgan fingerprint density at radius 2 is 1.78 bits per heavy atom. The van der Waals surface area contributed by atoms with Crippen LogP contribution in [-0.4, -0.2) is 17.3 Å². The molecule has 0 amide bonds. The molecule has 0 atom stereocenters. The molecule has 0 aromatic heterocycles. The molecule has 2 rings (SSSR count). The molecule has 0 radical (unpaired) electrons. The Balaban J connectivity index is 1.99. The van der Waals surface area contributed by atoms with Gasteiger partial charge in [0.2, 0.25) is 0 Å². The molecular weight excluding hydrogens is 358 g/mol. The van der Waals surface area contributed by atoms with E-state index in [1.165, 1.54) is 12.8 Å². The van der Waals surface area contributed by atoms with Crippen LogP contribution in [0.2, 0.25) is 0 Å². The van der Waals surface area contributed by atoms with E-state index >= 15 is 0 Å². The summed E-state index contributed by atoms with van der Waals surface area (Å²) in [4.78, 5) is 0. The molecular formula is C14H19Br2NO. The smallest absolute Gasteiger partial charge is 0.0819 e. The summed E-state index contributed by atoms with van der Waals surface area (Å²) in [5.74, 6) is 0. The fourth-order valence-electron chi connectivity index (χ4n) is 2.46. The third-order valence-corrected chi connectivity index (χ3v) is 4.76. The van der Waals surface area contributed by atoms with E-state index < -0.39 is 5.60 Å². The predicted molar refractivity (Wildman–Crippen MR) is 83.0 cm³/mol. The van der Waals surface area contributed by atoms with Crippen molar-refractivity contribution >= 4 is 37.5 Å². The second kappa shape index (κ2) is 6.40. The maximum Gasteiger partial charge on any atom is 0.0819 e. The van der Waals surface area contributed by atoms with Gasteiger partial charge in [0.25, 0.3) is 0 Å². The van der Waals surface area contributed by atoms with Gasteiger partial charge in [-0.3, -0.25) is 0 Å². The van der Waals surface area contributed by atoms with Gasteiger partial charge < -0.3 is 10.4 Å². The molecule has 0 saturated heterocycles. The third kappa shape index (κ3) is 3.97. The lowest BCUT2D eigenvalue weighted by molar-refractivity contribution is 0.0381. The molecule has 1 aliphatic carbocycles. The minimum absolute atomic E-state index is 0.543. The van der Waals surface area contributed by atoms with Crippen molar-refractivity contribution in [3.63, 3.8) is 0 Å². The number of hydrogen-bond acceptors (Lipinski definition) is 2. The van der Waals surface area contributed by atoms with Gasteiger partial charge in [0.15, 0.2) is 0 Å². The molecule has 100 valence electrons. The molecule has 0 heterocycles. The largest absolute Gasteiger partial charge is 0.388 e. The second-order valence-electron chi connectivity index (χ2n) is 5.12. The summed E-state index contributed by atoms with van der Waals surface area (Å²) in [6, 6.07) is 6.03. The van der Waals surface area contributed by atoms with Crippen molar-refractivity contribution in [2.75, 3.05) is 11.9 Å². The van der Waals surface area contributed by atoms with Gasteiger partial charge in [-0.1, -0.05) is 41.6 Å². The number of anilines is 1. The molecule has 1 fully saturated rings. The molecule has 1 aromatic rings. The van der Waals surface area contributed by atoms with Gasteiger partial charge >= 0.3 is 0 Å². The molecule has 1 aliphatic rings. The van der Waals surface area contributed by atoms with Gasteiger partial charge in [0.05, 0.1) is 5.60 Å². The average Bonchev–Trinajstić information content (AvgIpc) is 2.56. The van der Waals surface area contributed by atoms with Crippen molar-refractivity contribution < 1.29 is 5.11 Å². The predicted octanol–water partition coefficient (Wildman–Crippen LogP) is 4.71. The maximum absolute atomic E-state index is 10.6. The van der Waals surface area contributed by atoms with Crippen LogP contribution >= 0.6 is 31.9 Å². The SMILES string of the molecule is OC1(CNc2cc(Br)ccc2Br)CCCCCC1. The van der Waals surface area contributed by atoms with Crippen molar-refractivity contribution in [2.24, 2.45) is 0 Å². The van der Waals surface area contributed by atoms with Crippen LogP contribution in [0.25, 0.3) is 0 Å². The van der Waals surface area contributed by atoms with Crippen molar-refractivity contribution in [2.45, 2.75) is 44.1 Å². The molecule has 2 N–H and O–H groups in total. The molecule has 2 nitrogen and oxygen atoms in total. The minimum atomic E-state index is -0.543. The topological polar surface area (TPSA) is 32.3 Å². The number of rotatable bonds is 3. The normalized spacial score (nSPS) is 19.3. The molecule has 1 saturated carbocycles. The molecule has 4 heteroatoms. The van der Waals surface area contributed by atoms with Crippen LogP contribution in [0.3, 0.4) is 0 Å². The van der Waals surface area contributed by atoms with Crippen LogP contribution in [0.15, 0.2) is 27.1 Å². The molecule has 0 bridgehead atoms. The van der Waals surface area contributed by atoms with Gasteiger partial charge in [-0.05, 0) is 47.0 Å². The first-order chi connectivity index (χ1) is 8.59. The molecule has 0 spiro atoms. The minimum Gasteiger partial charge on any atom is -0.388 e. The zero-order chi connectivity index (χ0) is 13.0. The number of hydrogen-bond donors (Lipinski definition) is 2. The van der Waals surface area contributed by atoms with Gasteiger partial charge in [0.1, 0.15) is 0 Å². The molecule has 18 heavy (non-hydrogen) atoms. The first-order valence-electron chi connectivity index (χ1n) is 6.50. The summed E-state index contributed by atoms with van der Waals surface area (Å²) < 4.78 is 2.07. The Kier molecular flexibility index (Phi) is 5.10. The Labute approximate surface area is 125 Å². The summed E-state index contributed by atoms with van der Waals surface area (Å²) in [5.41, 5.74) is 0.486. The number of benzene rings is 1. The van der Waals surface area contributed by atoms with Crippen LogP contribution < -0.4 is 5.32 Å². The highest BCUT2D eigenvalue weighted by Crippen LogP contribution is 2.30. The summed E-state index contributed by atoms with van der Waals surface area (Å²) in [6.45, 7) is 0.627. The van der Waals surface area contributed by atoms with Crippen LogP contribution in [0.5, 0.6) is 0 Å². The van der Waals surface area contributed by atoms with E-state index in [1.54, 1.807) is 0 Å². The van der Waals surface area contributed by atoms with Gasteiger partial charge in [-0.25, -0.2) is 0 Å². The third-order valence-electron chi connectivity index (χ3n) is 3.57. The zero-order valence-electron chi connectivity index (χ0n) is 10.4. The highest BCUT2D eigenvalue weighted by molar-refractivity contribution is 9.11. The first-order valence-corrected chi connectivity index (χ1v) is 8.09. The Morgan fingerprint density at radius 3 is 2.44 bits per heavy atom. The summed E-state index contributed by atoms with van der Waals surface area (Å²) in [7, 11) is 0. The highest BCUT2D eigenvalue weighted by Gasteiger charge is 2.27. The Bertz CT molecular complexity index is 401. The van der Waals surface area contributed by atoms with Crippen LogP contribution in [0.4, 0.5) is 5.69 Å². The number of aliphatic hydroxyl groups is 1. The molecule has 0 aliphatic heterocycles. The Morgan fingerprint density at radius 1 is 1.11 bits per heavy atom. The van der Waals surface area contributed by atoms with E-state index in [-0.39, 0.29) is 0 Å². The van der Waals surface area contributed by atoms with Crippen molar-refractivity contribution in [1.29, 1.82) is 0 Å². The van der Waals surface area contributed by atoms with Crippen LogP contribution in [0, 0.1) is 0 Å². The van der Waals surface area contributed by atoms with E-state index in [0.717, 1.165) is 40.3 Å². The van der Waals surface area contributed by atoms with Crippen LogP contribution in [-0.2, 0) is 0 Å². The van der Waals surface area contributed by atoms with E-state index in [4.69, 9.17) is 0 Å². The lowest BCUT2D eigenvalue weighted by Crippen LogP contribution is -2.36. The number of halogens is 2. The first kappa shape index (κ1) is 14.4. The summed E-state index contributed by atoms with van der Waals surface area (Å²) in [5, 5.41) is 13.9. The summed E-state index contributed by atoms with van der Waals surface area (Å²) in [6.07, 6.45) is 6.60. The fourth-order valence-corrected chi connectivity index (χ4v) is 3.20. The molecule has 0 unspecified atom stereocenters. The lowest BCUT2D eigenvalue weighted by atomic mass is 9.94. The van der Waals surface area contributed by atoms with Gasteiger partial charge in [-0.15, -0.1) is 0 Å². The number of nitrogens with one attached hydrogen (secondary N) is 1. The van der Waals surface area contributed by atoms with E-state index in [1.807, 2.05) is 18.2 Å². The Hall–Kier alpha value is -0.0600. The molecule has 1 aromatic carbocycles. The lowest BCUT2D eigenvalue weighted by Gasteiger charge is -2.27. The second-order valence-corrected chi connectivity index (χ2v) is 6.89. The van der Waals surface area contributed by atoms with Crippen molar-refractivity contribution in [1.82, 2.24) is 0 Å². The summed E-state index contributed by atoms with van der Waals surface area (Å²) >= 11 is 6.99. The van der Waals surface area contributed by atoms with E-state index in [2.05, 4.69) is 37.2 Å².